The van der Waals surface area contributed by atoms with E-state index in [1.807, 2.05) is 0 Å². The smallest absolute Gasteiger partial charge is 0.252 e. The zero-order valence-electron chi connectivity index (χ0n) is 40.8. The summed E-state index contributed by atoms with van der Waals surface area (Å²) >= 11 is 0. The lowest BCUT2D eigenvalue weighted by atomic mass is 9.33. The molecule has 4 aliphatic rings. The Kier molecular flexibility index (Phi) is 8.70. The molecular formula is C61H62BN3O. The van der Waals surface area contributed by atoms with Crippen molar-refractivity contribution in [1.29, 1.82) is 0 Å². The summed E-state index contributed by atoms with van der Waals surface area (Å²) in [5, 5.41) is 2.27. The minimum atomic E-state index is -0.0624. The van der Waals surface area contributed by atoms with Crippen molar-refractivity contribution < 1.29 is 4.42 Å². The molecule has 12 rings (SSSR count). The van der Waals surface area contributed by atoms with Gasteiger partial charge in [0.25, 0.3) is 6.71 Å². The first-order valence-corrected chi connectivity index (χ1v) is 24.4. The first kappa shape index (κ1) is 41.3. The predicted molar refractivity (Wildman–Crippen MR) is 282 cm³/mol. The number of furan rings is 1. The van der Waals surface area contributed by atoms with E-state index < -0.39 is 0 Å². The lowest BCUT2D eigenvalue weighted by Crippen LogP contribution is -2.61. The third-order valence-corrected chi connectivity index (χ3v) is 16.5. The van der Waals surface area contributed by atoms with Gasteiger partial charge in [-0.25, -0.2) is 0 Å². The number of hydrogen-bond donors (Lipinski definition) is 0. The molecule has 1 aromatic heterocycles. The Morgan fingerprint density at radius 3 is 1.94 bits per heavy atom. The molecule has 1 aliphatic carbocycles. The number of para-hydroxylation sites is 2. The van der Waals surface area contributed by atoms with E-state index in [9.17, 15) is 0 Å². The lowest BCUT2D eigenvalue weighted by molar-refractivity contribution is 0.194. The normalized spacial score (nSPS) is 19.8. The quantitative estimate of drug-likeness (QED) is 0.165. The van der Waals surface area contributed by atoms with Gasteiger partial charge in [0.05, 0.1) is 11.2 Å². The first-order valence-electron chi connectivity index (χ1n) is 24.4. The first-order chi connectivity index (χ1) is 31.5. The molecule has 5 heteroatoms. The van der Waals surface area contributed by atoms with E-state index >= 15 is 0 Å². The SMILES string of the molecule is Cc1cc2c3c(c1)N(c1cccc4c1oc1ccccc14)c1ccc(C(C)(C)C)cc1B3c1ccc(N3c4cc(C)cc(C)c4C4(C)CCCCC34C)cc1N2c1ccc(C(C)(C)C)cc1. The van der Waals surface area contributed by atoms with Crippen LogP contribution in [0.15, 0.2) is 132 Å². The molecule has 3 aliphatic heterocycles. The van der Waals surface area contributed by atoms with Crippen LogP contribution in [0.3, 0.4) is 0 Å². The largest absolute Gasteiger partial charge is 0.454 e. The molecule has 0 bridgehead atoms. The maximum atomic E-state index is 6.86. The van der Waals surface area contributed by atoms with Gasteiger partial charge in [-0.1, -0.05) is 128 Å². The minimum absolute atomic E-state index is 0.000869. The molecule has 66 heavy (non-hydrogen) atoms. The van der Waals surface area contributed by atoms with Crippen LogP contribution in [0, 0.1) is 20.8 Å². The van der Waals surface area contributed by atoms with Crippen LogP contribution < -0.4 is 31.1 Å². The standard InChI is InChI=1S/C61H62BN3O/c1-37-31-39(3)55-51(32-37)65(61(11)30-15-14-29-60(55,61)10)43-26-27-46-50(36-43)63(42-24-21-40(22-25-42)58(4,5)6)52-33-38(2)34-53-56(52)62(46)47-35-41(59(7,8)9)23-28-48(47)64(53)49-19-16-18-45-44-17-12-13-20-54(44)66-57(45)49/h12-13,16-28,31-36H,14-15,29-30H2,1-11H3. The van der Waals surface area contributed by atoms with Gasteiger partial charge in [-0.05, 0) is 162 Å². The Morgan fingerprint density at radius 2 is 1.18 bits per heavy atom. The van der Waals surface area contributed by atoms with Gasteiger partial charge < -0.3 is 19.1 Å². The van der Waals surface area contributed by atoms with E-state index in [1.165, 1.54) is 103 Å². The third kappa shape index (κ3) is 5.71. The number of nitrogens with zero attached hydrogens (tertiary/aromatic N) is 3. The topological polar surface area (TPSA) is 22.9 Å². The number of aryl methyl sites for hydroxylation is 3. The van der Waals surface area contributed by atoms with Crippen LogP contribution in [0.25, 0.3) is 21.9 Å². The molecule has 1 saturated carbocycles. The molecule has 330 valence electrons. The van der Waals surface area contributed by atoms with Gasteiger partial charge >= 0.3 is 0 Å². The van der Waals surface area contributed by atoms with Gasteiger partial charge in [0.2, 0.25) is 0 Å². The van der Waals surface area contributed by atoms with Crippen LogP contribution in [0.2, 0.25) is 0 Å². The van der Waals surface area contributed by atoms with Crippen LogP contribution in [0.1, 0.15) is 114 Å². The molecule has 2 unspecified atom stereocenters. The Balaban J connectivity index is 1.16. The molecule has 2 atom stereocenters. The number of rotatable bonds is 3. The summed E-state index contributed by atoms with van der Waals surface area (Å²) < 4.78 is 6.86. The van der Waals surface area contributed by atoms with Crippen molar-refractivity contribution in [2.45, 2.75) is 124 Å². The Labute approximate surface area is 392 Å². The summed E-state index contributed by atoms with van der Waals surface area (Å²) in [6.45, 7) is 26.0. The zero-order valence-corrected chi connectivity index (χ0v) is 40.8. The van der Waals surface area contributed by atoms with E-state index in [0.717, 1.165) is 34.0 Å². The van der Waals surface area contributed by atoms with E-state index in [0.29, 0.717) is 0 Å². The molecule has 0 saturated heterocycles. The van der Waals surface area contributed by atoms with Crippen LogP contribution >= 0.6 is 0 Å². The highest BCUT2D eigenvalue weighted by Gasteiger charge is 2.58. The molecule has 0 radical (unpaired) electrons. The van der Waals surface area contributed by atoms with Gasteiger partial charge in [-0.3, -0.25) is 0 Å². The van der Waals surface area contributed by atoms with Crippen molar-refractivity contribution in [3.8, 4) is 0 Å². The fraction of sp³-hybridized carbons (Fsp3) is 0.311. The van der Waals surface area contributed by atoms with Crippen LogP contribution in [0.5, 0.6) is 0 Å². The van der Waals surface area contributed by atoms with Crippen molar-refractivity contribution in [2.24, 2.45) is 0 Å². The molecule has 0 amide bonds. The van der Waals surface area contributed by atoms with Crippen molar-refractivity contribution in [1.82, 2.24) is 0 Å². The fourth-order valence-electron chi connectivity index (χ4n) is 13.1. The van der Waals surface area contributed by atoms with Gasteiger partial charge in [0.15, 0.2) is 5.58 Å². The summed E-state index contributed by atoms with van der Waals surface area (Å²) in [6, 6.07) is 49.2. The highest BCUT2D eigenvalue weighted by molar-refractivity contribution is 7.00. The summed E-state index contributed by atoms with van der Waals surface area (Å²) in [6.07, 6.45) is 4.88. The van der Waals surface area contributed by atoms with Crippen LogP contribution in [-0.4, -0.2) is 12.3 Å². The van der Waals surface area contributed by atoms with Crippen LogP contribution in [-0.2, 0) is 16.2 Å². The summed E-state index contributed by atoms with van der Waals surface area (Å²) in [4.78, 5) is 7.90. The monoisotopic (exact) mass is 863 g/mol. The second-order valence-corrected chi connectivity index (χ2v) is 22.8. The molecule has 0 spiro atoms. The Hall–Kier alpha value is -6.20. The minimum Gasteiger partial charge on any atom is -0.454 e. The van der Waals surface area contributed by atoms with Gasteiger partial charge in [-0.2, -0.15) is 0 Å². The molecular weight excluding hydrogens is 802 g/mol. The highest BCUT2D eigenvalue weighted by Crippen LogP contribution is 2.62. The summed E-state index contributed by atoms with van der Waals surface area (Å²) in [5.74, 6) is 0. The van der Waals surface area contributed by atoms with Crippen LogP contribution in [0.4, 0.5) is 45.5 Å². The average molecular weight is 864 g/mol. The van der Waals surface area contributed by atoms with Crippen molar-refractivity contribution in [2.75, 3.05) is 14.7 Å². The zero-order chi connectivity index (χ0) is 45.8. The second kappa shape index (κ2) is 13.9. The second-order valence-electron chi connectivity index (χ2n) is 22.8. The van der Waals surface area contributed by atoms with Crippen molar-refractivity contribution in [3.63, 3.8) is 0 Å². The summed E-state index contributed by atoms with van der Waals surface area (Å²) in [7, 11) is 0. The summed E-state index contributed by atoms with van der Waals surface area (Å²) in [5.41, 5.74) is 23.8. The molecule has 7 aromatic carbocycles. The Morgan fingerprint density at radius 1 is 0.530 bits per heavy atom. The lowest BCUT2D eigenvalue weighted by Gasteiger charge is -2.51. The molecule has 4 heterocycles. The molecule has 0 N–H and O–H groups in total. The Bertz CT molecular complexity index is 3330. The van der Waals surface area contributed by atoms with E-state index in [2.05, 4.69) is 218 Å². The molecule has 1 fully saturated rings. The average Bonchev–Trinajstić information content (AvgIpc) is 3.75. The van der Waals surface area contributed by atoms with Gasteiger partial charge in [0, 0.05) is 56.0 Å². The number of hydrogen-bond acceptors (Lipinski definition) is 4. The highest BCUT2D eigenvalue weighted by atomic mass is 16.3. The third-order valence-electron chi connectivity index (χ3n) is 16.5. The van der Waals surface area contributed by atoms with Crippen molar-refractivity contribution >= 4 is 90.5 Å². The maximum absolute atomic E-state index is 6.86. The predicted octanol–water partition coefficient (Wildman–Crippen LogP) is 14.9. The number of anilines is 8. The molecule has 8 aromatic rings. The van der Waals surface area contributed by atoms with E-state index in [1.54, 1.807) is 5.56 Å². The van der Waals surface area contributed by atoms with E-state index in [-0.39, 0.29) is 28.5 Å². The number of fused-ring (bicyclic) bond motifs is 10. The molecule has 4 nitrogen and oxygen atoms in total. The van der Waals surface area contributed by atoms with Gasteiger partial charge in [-0.15, -0.1) is 0 Å². The fourth-order valence-corrected chi connectivity index (χ4v) is 13.1. The van der Waals surface area contributed by atoms with Crippen molar-refractivity contribution in [3.05, 3.63) is 161 Å². The maximum Gasteiger partial charge on any atom is 0.252 e. The number of benzene rings is 7. The van der Waals surface area contributed by atoms with Gasteiger partial charge in [0.1, 0.15) is 5.58 Å². The van der Waals surface area contributed by atoms with E-state index in [4.69, 9.17) is 4.42 Å².